The van der Waals surface area contributed by atoms with E-state index >= 15 is 0 Å². The Morgan fingerprint density at radius 2 is 1.45 bits per heavy atom. The molecule has 0 saturated carbocycles. The van der Waals surface area contributed by atoms with E-state index in [0.29, 0.717) is 24.7 Å². The first-order valence-electron chi connectivity index (χ1n) is 16.4. The number of ether oxygens (including phenoxy) is 2. The van der Waals surface area contributed by atoms with E-state index in [-0.39, 0.29) is 30.1 Å². The van der Waals surface area contributed by atoms with E-state index in [9.17, 15) is 18.9 Å². The van der Waals surface area contributed by atoms with Crippen LogP contribution in [0, 0.1) is 23.7 Å². The summed E-state index contributed by atoms with van der Waals surface area (Å²) in [6.45, 7) is 9.86. The Kier molecular flexibility index (Phi) is 15.0. The lowest BCUT2D eigenvalue weighted by molar-refractivity contribution is -0.236. The number of hydrogen-bond donors (Lipinski definition) is 0. The second-order valence-corrected chi connectivity index (χ2v) is 15.6. The maximum atomic E-state index is 13.2. The van der Waals surface area contributed by atoms with Gasteiger partial charge in [-0.3, -0.25) is 9.13 Å². The van der Waals surface area contributed by atoms with Gasteiger partial charge in [-0.25, -0.2) is 0 Å². The van der Waals surface area contributed by atoms with Gasteiger partial charge in [0.1, 0.15) is 6.10 Å². The van der Waals surface area contributed by atoms with E-state index in [1.807, 2.05) is 20.8 Å². The van der Waals surface area contributed by atoms with Gasteiger partial charge in [-0.05, 0) is 57.8 Å². The quantitative estimate of drug-likeness (QED) is 0.270. The summed E-state index contributed by atoms with van der Waals surface area (Å²) in [5.41, 5.74) is 0. The Labute approximate surface area is 254 Å². The van der Waals surface area contributed by atoms with Crippen molar-refractivity contribution in [2.75, 3.05) is 13.7 Å². The van der Waals surface area contributed by atoms with Gasteiger partial charge in [0.2, 0.25) is 0 Å². The fourth-order valence-electron chi connectivity index (χ4n) is 7.49. The third kappa shape index (κ3) is 10.6. The first-order chi connectivity index (χ1) is 19.9. The number of hydrogen-bond acceptors (Lipinski definition) is 10. The van der Waals surface area contributed by atoms with Gasteiger partial charge in [0, 0.05) is 18.9 Å². The second-order valence-electron chi connectivity index (χ2n) is 12.8. The van der Waals surface area contributed by atoms with Crippen LogP contribution in [0.25, 0.3) is 0 Å². The molecule has 3 rings (SSSR count). The summed E-state index contributed by atoms with van der Waals surface area (Å²) in [6, 6.07) is 0. The lowest BCUT2D eigenvalue weighted by Crippen LogP contribution is -2.36. The molecule has 12 heteroatoms. The summed E-state index contributed by atoms with van der Waals surface area (Å²) in [5, 5.41) is 0. The SMILES string of the molecule is CCCC1CCCCC(CCC)CCC2C(C)OC(CC)C2OP(=O)([O-])OCC2OC(C)C(CC1)C2OP(=O)([O-])OC. The molecule has 10 nitrogen and oxygen atoms in total. The first-order valence-corrected chi connectivity index (χ1v) is 19.4. The molecule has 0 spiro atoms. The predicted octanol–water partition coefficient (Wildman–Crippen LogP) is 6.54. The number of phosphoric acid groups is 2. The van der Waals surface area contributed by atoms with Crippen molar-refractivity contribution in [3.05, 3.63) is 0 Å². The summed E-state index contributed by atoms with van der Waals surface area (Å²) in [5.74, 6) is 0.814. The lowest BCUT2D eigenvalue weighted by Gasteiger charge is -2.33. The lowest BCUT2D eigenvalue weighted by atomic mass is 9.83. The minimum atomic E-state index is -4.78. The van der Waals surface area contributed by atoms with Gasteiger partial charge in [0.25, 0.3) is 15.6 Å². The maximum Gasteiger partial charge on any atom is 0.268 e. The van der Waals surface area contributed by atoms with Crippen LogP contribution in [0.5, 0.6) is 0 Å². The van der Waals surface area contributed by atoms with Crippen molar-refractivity contribution in [3.63, 3.8) is 0 Å². The zero-order valence-electron chi connectivity index (χ0n) is 26.6. The third-order valence-corrected chi connectivity index (χ3v) is 11.7. The van der Waals surface area contributed by atoms with Crippen LogP contribution < -0.4 is 9.79 Å². The zero-order valence-corrected chi connectivity index (χ0v) is 28.4. The standard InChI is InChI=1S/C30H58O10P2/c1-7-12-23-14-10-11-15-24(13-8-2)17-19-26-22(5)38-28(30(26)39-41(31,32)35-6)20-36-42(33,34)40-29-25(18-16-23)21(4)37-27(29)9-3/h21-30H,7-20H2,1-6H3,(H,31,32)(H,33,34)/p-2. The molecule has 3 aliphatic rings. The molecular formula is C30H56O10P2-2. The number of rotatable bonds is 8. The van der Waals surface area contributed by atoms with E-state index in [0.717, 1.165) is 52.1 Å². The van der Waals surface area contributed by atoms with Crippen molar-refractivity contribution in [1.82, 2.24) is 0 Å². The van der Waals surface area contributed by atoms with Gasteiger partial charge < -0.3 is 37.4 Å². The first kappa shape index (κ1) is 36.6. The van der Waals surface area contributed by atoms with Crippen molar-refractivity contribution in [3.8, 4) is 0 Å². The second kappa shape index (κ2) is 17.2. The average Bonchev–Trinajstić information content (AvgIpc) is 3.39. The smallest absolute Gasteiger partial charge is 0.268 e. The fourth-order valence-corrected chi connectivity index (χ4v) is 9.14. The van der Waals surface area contributed by atoms with Gasteiger partial charge in [-0.15, -0.1) is 0 Å². The van der Waals surface area contributed by atoms with Gasteiger partial charge >= 0.3 is 0 Å². The molecule has 3 fully saturated rings. The van der Waals surface area contributed by atoms with Crippen molar-refractivity contribution in [2.24, 2.45) is 23.7 Å². The molecule has 2 bridgehead atoms. The summed E-state index contributed by atoms with van der Waals surface area (Å²) < 4.78 is 59.0. The molecule has 0 N–H and O–H groups in total. The molecule has 248 valence electrons. The Hall–Kier alpha value is 0.140. The minimum Gasteiger partial charge on any atom is -0.756 e. The molecule has 0 radical (unpaired) electrons. The van der Waals surface area contributed by atoms with Crippen LogP contribution in [0.1, 0.15) is 118 Å². The zero-order chi connectivity index (χ0) is 30.9. The molecule has 0 amide bonds. The monoisotopic (exact) mass is 638 g/mol. The van der Waals surface area contributed by atoms with Gasteiger partial charge in [0.15, 0.2) is 0 Å². The highest BCUT2D eigenvalue weighted by Crippen LogP contribution is 2.50. The van der Waals surface area contributed by atoms with Crippen LogP contribution in [-0.2, 0) is 36.7 Å². The van der Waals surface area contributed by atoms with Gasteiger partial charge in [0.05, 0.1) is 37.1 Å². The summed E-state index contributed by atoms with van der Waals surface area (Å²) >= 11 is 0. The highest BCUT2D eigenvalue weighted by Gasteiger charge is 2.47. The van der Waals surface area contributed by atoms with Crippen molar-refractivity contribution in [2.45, 2.75) is 155 Å². The van der Waals surface area contributed by atoms with Crippen LogP contribution in [0.15, 0.2) is 0 Å². The highest BCUT2D eigenvalue weighted by molar-refractivity contribution is 7.46. The predicted molar refractivity (Wildman–Crippen MR) is 158 cm³/mol. The van der Waals surface area contributed by atoms with E-state index < -0.39 is 40.6 Å². The number of fused-ring (bicyclic) bond motifs is 3. The van der Waals surface area contributed by atoms with Gasteiger partial charge in [-0.2, -0.15) is 0 Å². The average molecular weight is 639 g/mol. The van der Waals surface area contributed by atoms with Crippen molar-refractivity contribution >= 4 is 15.6 Å². The summed E-state index contributed by atoms with van der Waals surface area (Å²) in [4.78, 5) is 25.6. The molecular weight excluding hydrogens is 582 g/mol. The minimum absolute atomic E-state index is 0.0625. The normalized spacial score (nSPS) is 42.7. The molecule has 3 aliphatic heterocycles. The van der Waals surface area contributed by atoms with Crippen LogP contribution in [-0.4, -0.2) is 50.3 Å². The van der Waals surface area contributed by atoms with Crippen LogP contribution in [0.4, 0.5) is 0 Å². The number of phosphoric ester groups is 2. The third-order valence-electron chi connectivity index (χ3n) is 9.77. The molecule has 12 unspecified atom stereocenters. The Balaban J connectivity index is 1.86. The van der Waals surface area contributed by atoms with Crippen molar-refractivity contribution in [1.29, 1.82) is 0 Å². The van der Waals surface area contributed by atoms with Crippen LogP contribution in [0.2, 0.25) is 0 Å². The van der Waals surface area contributed by atoms with E-state index in [1.54, 1.807) is 0 Å². The van der Waals surface area contributed by atoms with Crippen LogP contribution >= 0.6 is 15.6 Å². The Morgan fingerprint density at radius 3 is 2.00 bits per heavy atom. The molecule has 12 atom stereocenters. The van der Waals surface area contributed by atoms with Crippen LogP contribution in [0.3, 0.4) is 0 Å². The Morgan fingerprint density at radius 1 is 0.881 bits per heavy atom. The summed E-state index contributed by atoms with van der Waals surface area (Å²) in [6.07, 6.45) is 10.0. The fraction of sp³-hybridized carbons (Fsp3) is 1.00. The molecule has 0 aromatic heterocycles. The molecule has 0 aromatic carbocycles. The molecule has 3 saturated heterocycles. The molecule has 0 aromatic rings. The summed E-state index contributed by atoms with van der Waals surface area (Å²) in [7, 11) is -8.34. The van der Waals surface area contributed by atoms with Gasteiger partial charge in [-0.1, -0.05) is 72.1 Å². The van der Waals surface area contributed by atoms with E-state index in [1.165, 1.54) is 25.7 Å². The Bertz CT molecular complexity index is 890. The van der Waals surface area contributed by atoms with Crippen molar-refractivity contribution < 1.29 is 46.5 Å². The topological polar surface area (TPSA) is 136 Å². The largest absolute Gasteiger partial charge is 0.756 e. The highest BCUT2D eigenvalue weighted by atomic mass is 31.2. The molecule has 3 heterocycles. The molecule has 42 heavy (non-hydrogen) atoms. The maximum absolute atomic E-state index is 13.2. The van der Waals surface area contributed by atoms with E-state index in [4.69, 9.17) is 23.0 Å². The van der Waals surface area contributed by atoms with E-state index in [2.05, 4.69) is 18.4 Å². The molecule has 0 aliphatic carbocycles.